The lowest BCUT2D eigenvalue weighted by atomic mass is 10.2. The summed E-state index contributed by atoms with van der Waals surface area (Å²) in [4.78, 5) is 0. The highest BCUT2D eigenvalue weighted by molar-refractivity contribution is 9.10. The van der Waals surface area contributed by atoms with Crippen LogP contribution in [-0.4, -0.2) is 19.8 Å². The summed E-state index contributed by atoms with van der Waals surface area (Å²) < 4.78 is 11.8. The molecule has 0 unspecified atom stereocenters. The van der Waals surface area contributed by atoms with Gasteiger partial charge in [0.05, 0.1) is 12.7 Å². The van der Waals surface area contributed by atoms with Gasteiger partial charge in [-0.3, -0.25) is 0 Å². The molecule has 1 atom stereocenters. The first-order valence-electron chi connectivity index (χ1n) is 5.08. The summed E-state index contributed by atoms with van der Waals surface area (Å²) in [5, 5.41) is 0. The zero-order chi connectivity index (χ0) is 11.1. The standard InChI is InChI=1S/C12H17BrO2/c1-10(7-8-14-2)15-9-11-5-3-4-6-12(11)13/h3-6,10H,7-9H2,1-2H3/t10-/m1/s1. The van der Waals surface area contributed by atoms with Gasteiger partial charge >= 0.3 is 0 Å². The lowest BCUT2D eigenvalue weighted by Crippen LogP contribution is -2.11. The zero-order valence-electron chi connectivity index (χ0n) is 9.20. The van der Waals surface area contributed by atoms with Crippen LogP contribution < -0.4 is 0 Å². The van der Waals surface area contributed by atoms with E-state index in [1.165, 1.54) is 5.56 Å². The van der Waals surface area contributed by atoms with Gasteiger partial charge in [0.1, 0.15) is 0 Å². The van der Waals surface area contributed by atoms with Crippen LogP contribution in [-0.2, 0) is 16.1 Å². The highest BCUT2D eigenvalue weighted by atomic mass is 79.9. The van der Waals surface area contributed by atoms with Crippen molar-refractivity contribution in [1.29, 1.82) is 0 Å². The second-order valence-electron chi connectivity index (χ2n) is 3.49. The fourth-order valence-corrected chi connectivity index (χ4v) is 1.61. The number of halogens is 1. The third kappa shape index (κ3) is 4.78. The molecule has 0 heterocycles. The SMILES string of the molecule is COCC[C@@H](C)OCc1ccccc1Br. The Bertz CT molecular complexity index is 289. The third-order valence-electron chi connectivity index (χ3n) is 2.21. The summed E-state index contributed by atoms with van der Waals surface area (Å²) in [6.07, 6.45) is 1.16. The van der Waals surface area contributed by atoms with Gasteiger partial charge in [-0.05, 0) is 25.0 Å². The lowest BCUT2D eigenvalue weighted by molar-refractivity contribution is 0.0298. The Hall–Kier alpha value is -0.380. The lowest BCUT2D eigenvalue weighted by Gasteiger charge is -2.13. The summed E-state index contributed by atoms with van der Waals surface area (Å²) in [5.74, 6) is 0. The summed E-state index contributed by atoms with van der Waals surface area (Å²) in [5.41, 5.74) is 1.18. The van der Waals surface area contributed by atoms with Crippen LogP contribution in [0.2, 0.25) is 0 Å². The van der Waals surface area contributed by atoms with Crippen LogP contribution in [0.5, 0.6) is 0 Å². The van der Waals surface area contributed by atoms with E-state index in [2.05, 4.69) is 28.9 Å². The normalized spacial score (nSPS) is 12.7. The van der Waals surface area contributed by atoms with Crippen LogP contribution in [0, 0.1) is 0 Å². The van der Waals surface area contributed by atoms with Crippen LogP contribution in [0.1, 0.15) is 18.9 Å². The highest BCUT2D eigenvalue weighted by Crippen LogP contribution is 2.17. The first-order valence-corrected chi connectivity index (χ1v) is 5.87. The maximum atomic E-state index is 5.70. The molecule has 0 radical (unpaired) electrons. The van der Waals surface area contributed by atoms with Crippen molar-refractivity contribution >= 4 is 15.9 Å². The molecule has 3 heteroatoms. The molecule has 0 fully saturated rings. The molecule has 0 aliphatic carbocycles. The molecule has 1 aromatic carbocycles. The van der Waals surface area contributed by atoms with E-state index < -0.39 is 0 Å². The minimum atomic E-state index is 0.233. The quantitative estimate of drug-likeness (QED) is 0.791. The van der Waals surface area contributed by atoms with Crippen LogP contribution >= 0.6 is 15.9 Å². The molecule has 2 nitrogen and oxygen atoms in total. The Morgan fingerprint density at radius 1 is 1.33 bits per heavy atom. The molecule has 15 heavy (non-hydrogen) atoms. The Balaban J connectivity index is 2.33. The van der Waals surface area contributed by atoms with Crippen LogP contribution in [0.4, 0.5) is 0 Å². The summed E-state index contributed by atoms with van der Waals surface area (Å²) in [6.45, 7) is 3.46. The smallest absolute Gasteiger partial charge is 0.0731 e. The molecule has 0 N–H and O–H groups in total. The first kappa shape index (κ1) is 12.7. The molecule has 0 aliphatic rings. The third-order valence-corrected chi connectivity index (χ3v) is 2.98. The van der Waals surface area contributed by atoms with Gasteiger partial charge in [-0.15, -0.1) is 0 Å². The van der Waals surface area contributed by atoms with E-state index in [1.54, 1.807) is 7.11 Å². The summed E-state index contributed by atoms with van der Waals surface area (Å²) in [7, 11) is 1.71. The zero-order valence-corrected chi connectivity index (χ0v) is 10.8. The number of methoxy groups -OCH3 is 1. The molecular formula is C12H17BrO2. The van der Waals surface area contributed by atoms with Gasteiger partial charge in [0.25, 0.3) is 0 Å². The largest absolute Gasteiger partial charge is 0.385 e. The molecule has 0 amide bonds. The Morgan fingerprint density at radius 2 is 2.07 bits per heavy atom. The van der Waals surface area contributed by atoms with Gasteiger partial charge in [0.2, 0.25) is 0 Å². The fraction of sp³-hybridized carbons (Fsp3) is 0.500. The van der Waals surface area contributed by atoms with E-state index in [0.717, 1.165) is 17.5 Å². The van der Waals surface area contributed by atoms with Crippen LogP contribution in [0.3, 0.4) is 0 Å². The van der Waals surface area contributed by atoms with Gasteiger partial charge in [0, 0.05) is 18.2 Å². The van der Waals surface area contributed by atoms with Crippen molar-refractivity contribution in [3.8, 4) is 0 Å². The second kappa shape index (κ2) is 6.99. The Kier molecular flexibility index (Phi) is 5.91. The van der Waals surface area contributed by atoms with E-state index in [4.69, 9.17) is 9.47 Å². The predicted molar refractivity (Wildman–Crippen MR) is 64.9 cm³/mol. The summed E-state index contributed by atoms with van der Waals surface area (Å²) in [6, 6.07) is 8.11. The number of benzene rings is 1. The number of rotatable bonds is 6. The van der Waals surface area contributed by atoms with E-state index in [-0.39, 0.29) is 6.10 Å². The molecule has 0 spiro atoms. The van der Waals surface area contributed by atoms with Gasteiger partial charge in [-0.25, -0.2) is 0 Å². The van der Waals surface area contributed by atoms with E-state index >= 15 is 0 Å². The van der Waals surface area contributed by atoms with Gasteiger partial charge in [-0.1, -0.05) is 34.1 Å². The first-order chi connectivity index (χ1) is 7.24. The van der Waals surface area contributed by atoms with Crippen LogP contribution in [0.25, 0.3) is 0 Å². The van der Waals surface area contributed by atoms with Crippen molar-refractivity contribution in [1.82, 2.24) is 0 Å². The fourth-order valence-electron chi connectivity index (χ4n) is 1.21. The maximum Gasteiger partial charge on any atom is 0.0731 e. The molecule has 0 bridgehead atoms. The van der Waals surface area contributed by atoms with Gasteiger partial charge in [0.15, 0.2) is 0 Å². The van der Waals surface area contributed by atoms with Crippen molar-refractivity contribution in [2.45, 2.75) is 26.1 Å². The molecule has 0 saturated carbocycles. The monoisotopic (exact) mass is 272 g/mol. The van der Waals surface area contributed by atoms with Crippen molar-refractivity contribution in [2.75, 3.05) is 13.7 Å². The molecule has 0 saturated heterocycles. The molecule has 1 aromatic rings. The average molecular weight is 273 g/mol. The van der Waals surface area contributed by atoms with E-state index in [1.807, 2.05) is 18.2 Å². The van der Waals surface area contributed by atoms with Crippen LogP contribution in [0.15, 0.2) is 28.7 Å². The van der Waals surface area contributed by atoms with Gasteiger partial charge < -0.3 is 9.47 Å². The molecule has 84 valence electrons. The maximum absolute atomic E-state index is 5.70. The highest BCUT2D eigenvalue weighted by Gasteiger charge is 2.04. The molecule has 0 aromatic heterocycles. The van der Waals surface area contributed by atoms with Crippen molar-refractivity contribution in [2.24, 2.45) is 0 Å². The predicted octanol–water partition coefficient (Wildman–Crippen LogP) is 3.39. The van der Waals surface area contributed by atoms with Crippen molar-refractivity contribution in [3.05, 3.63) is 34.3 Å². The van der Waals surface area contributed by atoms with Gasteiger partial charge in [-0.2, -0.15) is 0 Å². The Labute approximate surface area is 99.7 Å². The minimum absolute atomic E-state index is 0.233. The molecular weight excluding hydrogens is 256 g/mol. The molecule has 0 aliphatic heterocycles. The van der Waals surface area contributed by atoms with E-state index in [0.29, 0.717) is 6.61 Å². The average Bonchev–Trinajstić information content (AvgIpc) is 2.25. The Morgan fingerprint density at radius 3 is 2.73 bits per heavy atom. The van der Waals surface area contributed by atoms with Crippen molar-refractivity contribution < 1.29 is 9.47 Å². The summed E-state index contributed by atoms with van der Waals surface area (Å²) >= 11 is 3.49. The number of hydrogen-bond donors (Lipinski definition) is 0. The second-order valence-corrected chi connectivity index (χ2v) is 4.35. The molecule has 1 rings (SSSR count). The number of hydrogen-bond acceptors (Lipinski definition) is 2. The number of ether oxygens (including phenoxy) is 2. The minimum Gasteiger partial charge on any atom is -0.385 e. The van der Waals surface area contributed by atoms with Crippen molar-refractivity contribution in [3.63, 3.8) is 0 Å². The topological polar surface area (TPSA) is 18.5 Å². The van der Waals surface area contributed by atoms with E-state index in [9.17, 15) is 0 Å².